The monoisotopic (exact) mass is 315 g/mol. The molecular formula is C14H15Cl2NO3. The Balaban J connectivity index is 2.59. The number of nitrogens with one attached hydrogen (secondary N) is 1. The first-order valence-corrected chi connectivity index (χ1v) is 6.81. The number of carbonyl (C=O) groups excluding carboxylic acids is 2. The number of halogens is 2. The van der Waals surface area contributed by atoms with Gasteiger partial charge in [0.25, 0.3) is 5.91 Å². The molecule has 0 radical (unpaired) electrons. The Morgan fingerprint density at radius 3 is 2.65 bits per heavy atom. The molecule has 0 saturated heterocycles. The van der Waals surface area contributed by atoms with Gasteiger partial charge in [0.1, 0.15) is 0 Å². The Labute approximate surface area is 127 Å². The van der Waals surface area contributed by atoms with Crippen molar-refractivity contribution in [2.45, 2.75) is 20.0 Å². The van der Waals surface area contributed by atoms with Gasteiger partial charge in [-0.1, -0.05) is 29.3 Å². The lowest BCUT2D eigenvalue weighted by Gasteiger charge is -2.10. The summed E-state index contributed by atoms with van der Waals surface area (Å²) < 4.78 is 4.94. The molecule has 0 aromatic heterocycles. The molecule has 1 N–H and O–H groups in total. The molecular weight excluding hydrogens is 301 g/mol. The summed E-state index contributed by atoms with van der Waals surface area (Å²) in [6, 6.07) is 4.97. The van der Waals surface area contributed by atoms with Gasteiger partial charge in [-0.3, -0.25) is 4.79 Å². The average molecular weight is 316 g/mol. The molecule has 0 aliphatic carbocycles. The smallest absolute Gasteiger partial charge is 0.331 e. The number of ether oxygens (including phenoxy) is 1. The molecule has 0 heterocycles. The van der Waals surface area contributed by atoms with Gasteiger partial charge < -0.3 is 10.1 Å². The molecule has 0 aliphatic rings. The molecule has 1 aromatic carbocycles. The van der Waals surface area contributed by atoms with Crippen LogP contribution in [0.3, 0.4) is 0 Å². The number of rotatable bonds is 5. The first-order chi connectivity index (χ1) is 9.43. The highest BCUT2D eigenvalue weighted by Gasteiger charge is 2.15. The van der Waals surface area contributed by atoms with Crippen LogP contribution in [0, 0.1) is 0 Å². The van der Waals surface area contributed by atoms with Gasteiger partial charge in [-0.2, -0.15) is 0 Å². The van der Waals surface area contributed by atoms with E-state index in [2.05, 4.69) is 5.32 Å². The van der Waals surface area contributed by atoms with E-state index >= 15 is 0 Å². The summed E-state index contributed by atoms with van der Waals surface area (Å²) >= 11 is 11.6. The summed E-state index contributed by atoms with van der Waals surface area (Å²) in [4.78, 5) is 22.9. The maximum atomic E-state index is 11.5. The maximum absolute atomic E-state index is 11.5. The van der Waals surface area contributed by atoms with Gasteiger partial charge in [0, 0.05) is 12.6 Å². The number of likely N-dealkylation sites (N-methyl/N-ethyl adjacent to an activating group) is 1. The van der Waals surface area contributed by atoms with Crippen molar-refractivity contribution in [1.82, 2.24) is 5.32 Å². The number of hydrogen-bond donors (Lipinski definition) is 1. The van der Waals surface area contributed by atoms with Crippen molar-refractivity contribution >= 4 is 41.2 Å². The quantitative estimate of drug-likeness (QED) is 0.671. The Hall–Kier alpha value is -1.52. The fraction of sp³-hybridized carbons (Fsp3) is 0.286. The second-order valence-corrected chi connectivity index (χ2v) is 4.79. The minimum absolute atomic E-state index is 0.330. The summed E-state index contributed by atoms with van der Waals surface area (Å²) in [5, 5.41) is 3.41. The van der Waals surface area contributed by atoms with Crippen molar-refractivity contribution in [2.75, 3.05) is 6.54 Å². The lowest BCUT2D eigenvalue weighted by Crippen LogP contribution is -2.35. The normalized spacial score (nSPS) is 12.2. The van der Waals surface area contributed by atoms with Gasteiger partial charge in [-0.15, -0.1) is 0 Å². The fourth-order valence-corrected chi connectivity index (χ4v) is 1.67. The van der Waals surface area contributed by atoms with Crippen LogP contribution in [0.15, 0.2) is 24.3 Å². The standard InChI is InChI=1S/C14H15Cl2NO3/c1-3-17-14(19)9(2)20-13(18)7-5-10-4-6-11(15)12(16)8-10/h4-9H,3H2,1-2H3,(H,17,19)/b7-5+/t9-/m0/s1. The second-order valence-electron chi connectivity index (χ2n) is 3.98. The molecule has 1 amide bonds. The average Bonchev–Trinajstić information content (AvgIpc) is 2.40. The molecule has 4 nitrogen and oxygen atoms in total. The molecule has 108 valence electrons. The Morgan fingerprint density at radius 1 is 1.35 bits per heavy atom. The minimum atomic E-state index is -0.832. The van der Waals surface area contributed by atoms with Crippen LogP contribution in [0.25, 0.3) is 6.08 Å². The molecule has 0 saturated carbocycles. The Bertz CT molecular complexity index is 529. The highest BCUT2D eigenvalue weighted by atomic mass is 35.5. The molecule has 0 spiro atoms. The van der Waals surface area contributed by atoms with Crippen molar-refractivity contribution in [3.8, 4) is 0 Å². The number of carbonyl (C=O) groups is 2. The van der Waals surface area contributed by atoms with Crippen LogP contribution in [-0.2, 0) is 14.3 Å². The Kier molecular flexibility index (Phi) is 6.55. The number of esters is 1. The molecule has 1 aromatic rings. The molecule has 6 heteroatoms. The van der Waals surface area contributed by atoms with E-state index in [0.29, 0.717) is 22.2 Å². The van der Waals surface area contributed by atoms with Crippen LogP contribution in [-0.4, -0.2) is 24.5 Å². The zero-order valence-electron chi connectivity index (χ0n) is 11.2. The van der Waals surface area contributed by atoms with Gasteiger partial charge in [-0.05, 0) is 37.6 Å². The lowest BCUT2D eigenvalue weighted by atomic mass is 10.2. The third-order valence-electron chi connectivity index (χ3n) is 2.37. The van der Waals surface area contributed by atoms with Crippen LogP contribution >= 0.6 is 23.2 Å². The van der Waals surface area contributed by atoms with E-state index in [-0.39, 0.29) is 5.91 Å². The molecule has 1 rings (SSSR count). The predicted octanol–water partition coefficient (Wildman–Crippen LogP) is 3.07. The van der Waals surface area contributed by atoms with E-state index in [1.54, 1.807) is 25.1 Å². The van der Waals surface area contributed by atoms with Crippen LogP contribution in [0.2, 0.25) is 10.0 Å². The minimum Gasteiger partial charge on any atom is -0.449 e. The van der Waals surface area contributed by atoms with Crippen molar-refractivity contribution in [1.29, 1.82) is 0 Å². The zero-order chi connectivity index (χ0) is 15.1. The summed E-state index contributed by atoms with van der Waals surface area (Å²) in [5.41, 5.74) is 0.710. The van der Waals surface area contributed by atoms with Crippen LogP contribution < -0.4 is 5.32 Å². The topological polar surface area (TPSA) is 55.4 Å². The molecule has 0 unspecified atom stereocenters. The van der Waals surface area contributed by atoms with E-state index in [9.17, 15) is 9.59 Å². The van der Waals surface area contributed by atoms with E-state index in [0.717, 1.165) is 0 Å². The lowest BCUT2D eigenvalue weighted by molar-refractivity contribution is -0.150. The maximum Gasteiger partial charge on any atom is 0.331 e. The highest BCUT2D eigenvalue weighted by Crippen LogP contribution is 2.23. The SMILES string of the molecule is CCNC(=O)[C@H](C)OC(=O)/C=C/c1ccc(Cl)c(Cl)c1. The molecule has 0 bridgehead atoms. The van der Waals surface area contributed by atoms with Gasteiger partial charge in [0.2, 0.25) is 0 Å². The van der Waals surface area contributed by atoms with E-state index < -0.39 is 12.1 Å². The molecule has 1 atom stereocenters. The third kappa shape index (κ3) is 5.23. The van der Waals surface area contributed by atoms with E-state index in [4.69, 9.17) is 27.9 Å². The summed E-state index contributed by atoms with van der Waals surface area (Å²) in [6.07, 6.45) is 1.94. The van der Waals surface area contributed by atoms with E-state index in [1.807, 2.05) is 0 Å². The second kappa shape index (κ2) is 7.92. The first-order valence-electron chi connectivity index (χ1n) is 6.05. The number of amides is 1. The van der Waals surface area contributed by atoms with Gasteiger partial charge in [-0.25, -0.2) is 4.79 Å². The first kappa shape index (κ1) is 16.5. The highest BCUT2D eigenvalue weighted by molar-refractivity contribution is 6.42. The van der Waals surface area contributed by atoms with E-state index in [1.165, 1.54) is 19.1 Å². The van der Waals surface area contributed by atoms with Gasteiger partial charge in [0.15, 0.2) is 6.10 Å². The van der Waals surface area contributed by atoms with Crippen LogP contribution in [0.4, 0.5) is 0 Å². The predicted molar refractivity (Wildman–Crippen MR) is 79.7 cm³/mol. The fourth-order valence-electron chi connectivity index (χ4n) is 1.37. The molecule has 0 fully saturated rings. The Morgan fingerprint density at radius 2 is 2.05 bits per heavy atom. The molecule has 20 heavy (non-hydrogen) atoms. The van der Waals surface area contributed by atoms with Crippen molar-refractivity contribution < 1.29 is 14.3 Å². The number of hydrogen-bond acceptors (Lipinski definition) is 3. The van der Waals surface area contributed by atoms with Gasteiger partial charge >= 0.3 is 5.97 Å². The van der Waals surface area contributed by atoms with Gasteiger partial charge in [0.05, 0.1) is 10.0 Å². The zero-order valence-corrected chi connectivity index (χ0v) is 12.7. The largest absolute Gasteiger partial charge is 0.449 e. The summed E-state index contributed by atoms with van der Waals surface area (Å²) in [7, 11) is 0. The van der Waals surface area contributed by atoms with Crippen molar-refractivity contribution in [2.24, 2.45) is 0 Å². The van der Waals surface area contributed by atoms with Crippen LogP contribution in [0.5, 0.6) is 0 Å². The van der Waals surface area contributed by atoms with Crippen molar-refractivity contribution in [3.05, 3.63) is 39.9 Å². The summed E-state index contributed by atoms with van der Waals surface area (Å²) in [6.45, 7) is 3.78. The van der Waals surface area contributed by atoms with Crippen molar-refractivity contribution in [3.63, 3.8) is 0 Å². The third-order valence-corrected chi connectivity index (χ3v) is 3.11. The summed E-state index contributed by atoms with van der Waals surface area (Å²) in [5.74, 6) is -0.932. The number of benzene rings is 1. The van der Waals surface area contributed by atoms with Crippen LogP contribution in [0.1, 0.15) is 19.4 Å². The molecule has 0 aliphatic heterocycles.